The van der Waals surface area contributed by atoms with E-state index in [4.69, 9.17) is 23.2 Å². The van der Waals surface area contributed by atoms with E-state index in [0.29, 0.717) is 21.6 Å². The molecular formula is C20H21Cl2N7O. The highest BCUT2D eigenvalue weighted by Gasteiger charge is 2.19. The third kappa shape index (κ3) is 4.89. The summed E-state index contributed by atoms with van der Waals surface area (Å²) in [5.41, 5.74) is 2.41. The lowest BCUT2D eigenvalue weighted by atomic mass is 10.2. The molecule has 1 amide bonds. The van der Waals surface area contributed by atoms with Gasteiger partial charge in [-0.3, -0.25) is 4.79 Å². The zero-order chi connectivity index (χ0) is 21.1. The molecular weight excluding hydrogens is 425 g/mol. The number of hydrogen-bond donors (Lipinski definition) is 1. The Kier molecular flexibility index (Phi) is 6.17. The minimum atomic E-state index is -0.257. The maximum absolute atomic E-state index is 12.6. The summed E-state index contributed by atoms with van der Waals surface area (Å²) in [6, 6.07) is 12.7. The predicted molar refractivity (Wildman–Crippen MR) is 118 cm³/mol. The standard InChI is InChI=1S/C20H21Cl2N7O/c1-27-8-10-28(11-9-27)18-7-6-16(22)12-17(18)23-19(30)13-29-25-20(24-26-29)14-2-4-15(21)5-3-14/h2-7,12H,8-11,13H2,1H3,(H,23,30). The summed E-state index contributed by atoms with van der Waals surface area (Å²) in [7, 11) is 2.10. The van der Waals surface area contributed by atoms with E-state index in [-0.39, 0.29) is 12.5 Å². The van der Waals surface area contributed by atoms with Crippen molar-refractivity contribution >= 4 is 40.5 Å². The zero-order valence-corrected chi connectivity index (χ0v) is 17.9. The predicted octanol–water partition coefficient (Wildman–Crippen LogP) is 3.04. The van der Waals surface area contributed by atoms with E-state index in [1.54, 1.807) is 30.3 Å². The normalized spacial score (nSPS) is 14.7. The number of likely N-dealkylation sites (N-methyl/N-ethyl adjacent to an activating group) is 1. The lowest BCUT2D eigenvalue weighted by Gasteiger charge is -2.35. The molecule has 0 unspecified atom stereocenters. The monoisotopic (exact) mass is 445 g/mol. The third-order valence-corrected chi connectivity index (χ3v) is 5.40. The van der Waals surface area contributed by atoms with Crippen molar-refractivity contribution in [2.45, 2.75) is 6.54 Å². The fraction of sp³-hybridized carbons (Fsp3) is 0.300. The fourth-order valence-corrected chi connectivity index (χ4v) is 3.57. The molecule has 0 aliphatic carbocycles. The summed E-state index contributed by atoms with van der Waals surface area (Å²) in [4.78, 5) is 18.4. The number of anilines is 2. The van der Waals surface area contributed by atoms with Gasteiger partial charge in [-0.05, 0) is 54.7 Å². The smallest absolute Gasteiger partial charge is 0.248 e. The highest BCUT2D eigenvalue weighted by molar-refractivity contribution is 6.31. The van der Waals surface area contributed by atoms with E-state index in [0.717, 1.165) is 37.4 Å². The van der Waals surface area contributed by atoms with Gasteiger partial charge in [-0.2, -0.15) is 4.80 Å². The third-order valence-electron chi connectivity index (χ3n) is 4.92. The van der Waals surface area contributed by atoms with Crippen molar-refractivity contribution in [3.8, 4) is 11.4 Å². The molecule has 30 heavy (non-hydrogen) atoms. The van der Waals surface area contributed by atoms with Crippen molar-refractivity contribution in [3.05, 3.63) is 52.5 Å². The first-order chi connectivity index (χ1) is 14.5. The highest BCUT2D eigenvalue weighted by Crippen LogP contribution is 2.30. The molecule has 1 saturated heterocycles. The number of piperazine rings is 1. The van der Waals surface area contributed by atoms with Crippen molar-refractivity contribution < 1.29 is 4.79 Å². The van der Waals surface area contributed by atoms with Crippen LogP contribution in [0.2, 0.25) is 10.0 Å². The van der Waals surface area contributed by atoms with Crippen LogP contribution in [0.15, 0.2) is 42.5 Å². The molecule has 1 aliphatic heterocycles. The largest absolute Gasteiger partial charge is 0.367 e. The SMILES string of the molecule is CN1CCN(c2ccc(Cl)cc2NC(=O)Cn2nnc(-c3ccc(Cl)cc3)n2)CC1. The van der Waals surface area contributed by atoms with Crippen LogP contribution in [0.25, 0.3) is 11.4 Å². The minimum Gasteiger partial charge on any atom is -0.367 e. The number of hydrogen-bond acceptors (Lipinski definition) is 6. The lowest BCUT2D eigenvalue weighted by molar-refractivity contribution is -0.117. The van der Waals surface area contributed by atoms with Gasteiger partial charge >= 0.3 is 0 Å². The highest BCUT2D eigenvalue weighted by atomic mass is 35.5. The molecule has 3 aromatic rings. The van der Waals surface area contributed by atoms with Crippen molar-refractivity contribution in [1.82, 2.24) is 25.1 Å². The van der Waals surface area contributed by atoms with Crippen LogP contribution in [0.5, 0.6) is 0 Å². The van der Waals surface area contributed by atoms with Crippen LogP contribution in [-0.2, 0) is 11.3 Å². The number of amides is 1. The molecule has 0 radical (unpaired) electrons. The molecule has 1 aromatic heterocycles. The van der Waals surface area contributed by atoms with Crippen LogP contribution in [0, 0.1) is 0 Å². The quantitative estimate of drug-likeness (QED) is 0.649. The summed E-state index contributed by atoms with van der Waals surface area (Å²) >= 11 is 12.1. The van der Waals surface area contributed by atoms with Crippen molar-refractivity contribution in [2.75, 3.05) is 43.4 Å². The van der Waals surface area contributed by atoms with Gasteiger partial charge in [-0.25, -0.2) is 0 Å². The van der Waals surface area contributed by atoms with Gasteiger partial charge in [0.25, 0.3) is 0 Å². The lowest BCUT2D eigenvalue weighted by Crippen LogP contribution is -2.44. The number of nitrogens with zero attached hydrogens (tertiary/aromatic N) is 6. The van der Waals surface area contributed by atoms with E-state index in [2.05, 4.69) is 37.6 Å². The van der Waals surface area contributed by atoms with Crippen molar-refractivity contribution in [2.24, 2.45) is 0 Å². The van der Waals surface area contributed by atoms with Crippen LogP contribution in [0.1, 0.15) is 0 Å². The maximum Gasteiger partial charge on any atom is 0.248 e. The van der Waals surface area contributed by atoms with Crippen LogP contribution in [0.4, 0.5) is 11.4 Å². The summed E-state index contributed by atoms with van der Waals surface area (Å²) < 4.78 is 0. The number of aromatic nitrogens is 4. The minimum absolute atomic E-state index is 0.0602. The van der Waals surface area contributed by atoms with Gasteiger partial charge in [-0.1, -0.05) is 23.2 Å². The summed E-state index contributed by atoms with van der Waals surface area (Å²) in [6.07, 6.45) is 0. The van der Waals surface area contributed by atoms with Gasteiger partial charge in [0.2, 0.25) is 11.7 Å². The first-order valence-corrected chi connectivity index (χ1v) is 10.3. The molecule has 0 bridgehead atoms. The van der Waals surface area contributed by atoms with Crippen molar-refractivity contribution in [3.63, 3.8) is 0 Å². The van der Waals surface area contributed by atoms with Gasteiger partial charge < -0.3 is 15.1 Å². The second kappa shape index (κ2) is 8.99. The number of benzene rings is 2. The van der Waals surface area contributed by atoms with E-state index >= 15 is 0 Å². The van der Waals surface area contributed by atoms with Crippen LogP contribution in [-0.4, -0.2) is 64.2 Å². The number of tetrazole rings is 1. The van der Waals surface area contributed by atoms with Gasteiger partial charge in [0, 0.05) is 41.8 Å². The summed E-state index contributed by atoms with van der Waals surface area (Å²) in [6.45, 7) is 3.64. The molecule has 4 rings (SSSR count). The van der Waals surface area contributed by atoms with Gasteiger partial charge in [0.15, 0.2) is 0 Å². The Morgan fingerprint density at radius 3 is 2.47 bits per heavy atom. The molecule has 0 spiro atoms. The average molecular weight is 446 g/mol. The Labute approximate surface area is 184 Å². The Morgan fingerprint density at radius 2 is 1.73 bits per heavy atom. The van der Waals surface area contributed by atoms with Crippen molar-refractivity contribution in [1.29, 1.82) is 0 Å². The first kappa shape index (κ1) is 20.6. The van der Waals surface area contributed by atoms with E-state index < -0.39 is 0 Å². The number of carbonyl (C=O) groups excluding carboxylic acids is 1. The number of carbonyl (C=O) groups is 1. The average Bonchev–Trinajstić information content (AvgIpc) is 3.18. The Morgan fingerprint density at radius 1 is 1.03 bits per heavy atom. The van der Waals surface area contributed by atoms with E-state index in [1.165, 1.54) is 4.80 Å². The molecule has 2 aromatic carbocycles. The van der Waals surface area contributed by atoms with Crippen LogP contribution in [0.3, 0.4) is 0 Å². The number of nitrogens with one attached hydrogen (secondary N) is 1. The summed E-state index contributed by atoms with van der Waals surface area (Å²) in [5.74, 6) is 0.174. The molecule has 0 saturated carbocycles. The Hall–Kier alpha value is -2.68. The number of rotatable bonds is 5. The zero-order valence-electron chi connectivity index (χ0n) is 16.4. The van der Waals surface area contributed by atoms with Gasteiger partial charge in [0.05, 0.1) is 11.4 Å². The number of halogens is 2. The van der Waals surface area contributed by atoms with E-state index in [9.17, 15) is 4.79 Å². The molecule has 1 N–H and O–H groups in total. The molecule has 8 nitrogen and oxygen atoms in total. The molecule has 156 valence electrons. The molecule has 2 heterocycles. The molecule has 10 heteroatoms. The first-order valence-electron chi connectivity index (χ1n) is 9.54. The van der Waals surface area contributed by atoms with Crippen LogP contribution < -0.4 is 10.2 Å². The van der Waals surface area contributed by atoms with E-state index in [1.807, 2.05) is 12.1 Å². The molecule has 1 fully saturated rings. The summed E-state index contributed by atoms with van der Waals surface area (Å²) in [5, 5.41) is 16.4. The molecule has 1 aliphatic rings. The van der Waals surface area contributed by atoms with Crippen LogP contribution >= 0.6 is 23.2 Å². The Bertz CT molecular complexity index is 1030. The molecule has 0 atom stereocenters. The Balaban J connectivity index is 1.45. The second-order valence-electron chi connectivity index (χ2n) is 7.15. The maximum atomic E-state index is 12.6. The van der Waals surface area contributed by atoms with Gasteiger partial charge in [0.1, 0.15) is 6.54 Å². The van der Waals surface area contributed by atoms with Gasteiger partial charge in [-0.15, -0.1) is 10.2 Å². The second-order valence-corrected chi connectivity index (χ2v) is 8.02. The fourth-order valence-electron chi connectivity index (χ4n) is 3.27. The topological polar surface area (TPSA) is 79.2 Å².